The van der Waals surface area contributed by atoms with E-state index in [1.807, 2.05) is 6.20 Å². The number of hydrogen-bond donors (Lipinski definition) is 0. The molecular weight excluding hydrogens is 344 g/mol. The molecule has 0 aliphatic carbocycles. The van der Waals surface area contributed by atoms with Gasteiger partial charge in [-0.05, 0) is 54.9 Å². The molecule has 1 aromatic heterocycles. The number of benzene rings is 2. The molecule has 2 aliphatic heterocycles. The van der Waals surface area contributed by atoms with Gasteiger partial charge in [0.25, 0.3) is 0 Å². The van der Waals surface area contributed by atoms with Gasteiger partial charge in [0.2, 0.25) is 0 Å². The third-order valence-electron chi connectivity index (χ3n) is 6.72. The van der Waals surface area contributed by atoms with Gasteiger partial charge in [-0.25, -0.2) is 9.97 Å². The summed E-state index contributed by atoms with van der Waals surface area (Å²) in [6.07, 6.45) is 8.35. The van der Waals surface area contributed by atoms with Crippen molar-refractivity contribution in [3.8, 4) is 0 Å². The molecule has 1 unspecified atom stereocenters. The van der Waals surface area contributed by atoms with Crippen LogP contribution >= 0.6 is 0 Å². The Hall–Kier alpha value is -2.88. The van der Waals surface area contributed by atoms with E-state index < -0.39 is 0 Å². The van der Waals surface area contributed by atoms with Crippen molar-refractivity contribution in [1.82, 2.24) is 9.97 Å². The first-order chi connectivity index (χ1) is 13.8. The summed E-state index contributed by atoms with van der Waals surface area (Å²) in [5.74, 6) is 1.92. The molecule has 3 heterocycles. The third-order valence-corrected chi connectivity index (χ3v) is 6.72. The molecule has 3 aromatic rings. The van der Waals surface area contributed by atoms with E-state index in [4.69, 9.17) is 9.97 Å². The Balaban J connectivity index is 1.75. The van der Waals surface area contributed by atoms with E-state index in [1.54, 1.807) is 6.20 Å². The Kier molecular flexibility index (Phi) is 4.08. The average Bonchev–Trinajstić information content (AvgIpc) is 3.02. The van der Waals surface area contributed by atoms with Gasteiger partial charge >= 0.3 is 0 Å². The smallest absolute Gasteiger partial charge is 0.178 e. The number of rotatable bonds is 3. The van der Waals surface area contributed by atoms with Crippen molar-refractivity contribution < 1.29 is 0 Å². The highest BCUT2D eigenvalue weighted by atomic mass is 15.5. The van der Waals surface area contributed by atoms with Gasteiger partial charge in [0.1, 0.15) is 6.17 Å². The van der Waals surface area contributed by atoms with E-state index >= 15 is 0 Å². The predicted molar refractivity (Wildman–Crippen MR) is 114 cm³/mol. The summed E-state index contributed by atoms with van der Waals surface area (Å²) in [6.45, 7) is 4.67. The molecule has 2 aromatic carbocycles. The largest absolute Gasteiger partial charge is 0.302 e. The van der Waals surface area contributed by atoms with Crippen LogP contribution in [0.15, 0.2) is 67.0 Å². The number of nitrogens with zero attached hydrogens (tertiary/aromatic N) is 4. The predicted octanol–water partition coefficient (Wildman–Crippen LogP) is 5.94. The maximum atomic E-state index is 4.78. The van der Waals surface area contributed by atoms with Gasteiger partial charge in [-0.15, -0.1) is 0 Å². The Morgan fingerprint density at radius 1 is 0.857 bits per heavy atom. The zero-order valence-electron chi connectivity index (χ0n) is 16.5. The van der Waals surface area contributed by atoms with E-state index in [1.165, 1.54) is 16.9 Å². The zero-order chi connectivity index (χ0) is 19.1. The molecule has 28 heavy (non-hydrogen) atoms. The van der Waals surface area contributed by atoms with E-state index in [0.717, 1.165) is 37.3 Å². The lowest BCUT2D eigenvalue weighted by atomic mass is 9.72. The minimum Gasteiger partial charge on any atom is -0.302 e. The number of para-hydroxylation sites is 2. The quantitative estimate of drug-likeness (QED) is 0.571. The fraction of sp³-hybridized carbons (Fsp3) is 0.333. The SMILES string of the molecule is CCC1(CC)CCC2N(c3ccccc3)c3nccnc3N2c2ccccc21. The van der Waals surface area contributed by atoms with Gasteiger partial charge in [0, 0.05) is 23.8 Å². The van der Waals surface area contributed by atoms with Crippen LogP contribution in [-0.4, -0.2) is 16.1 Å². The lowest BCUT2D eigenvalue weighted by Crippen LogP contribution is -2.38. The van der Waals surface area contributed by atoms with Crippen LogP contribution in [0.25, 0.3) is 0 Å². The maximum Gasteiger partial charge on any atom is 0.178 e. The second-order valence-electron chi connectivity index (χ2n) is 7.80. The van der Waals surface area contributed by atoms with Crippen LogP contribution in [0.4, 0.5) is 23.0 Å². The van der Waals surface area contributed by atoms with Crippen molar-refractivity contribution in [3.05, 3.63) is 72.6 Å². The highest BCUT2D eigenvalue weighted by Gasteiger charge is 2.46. The number of aromatic nitrogens is 2. The summed E-state index contributed by atoms with van der Waals surface area (Å²) in [6, 6.07) is 19.5. The van der Waals surface area contributed by atoms with E-state index in [-0.39, 0.29) is 11.6 Å². The highest BCUT2D eigenvalue weighted by molar-refractivity contribution is 5.84. The third kappa shape index (κ3) is 2.37. The van der Waals surface area contributed by atoms with Crippen LogP contribution in [-0.2, 0) is 5.41 Å². The second-order valence-corrected chi connectivity index (χ2v) is 7.80. The van der Waals surface area contributed by atoms with Crippen LogP contribution in [0.5, 0.6) is 0 Å². The summed E-state index contributed by atoms with van der Waals surface area (Å²) in [5, 5.41) is 0. The molecule has 0 fully saturated rings. The molecule has 5 rings (SSSR count). The summed E-state index contributed by atoms with van der Waals surface area (Å²) < 4.78 is 0. The van der Waals surface area contributed by atoms with E-state index in [0.29, 0.717) is 0 Å². The highest BCUT2D eigenvalue weighted by Crippen LogP contribution is 2.53. The number of anilines is 4. The fourth-order valence-corrected chi connectivity index (χ4v) is 5.13. The maximum absolute atomic E-state index is 4.78. The zero-order valence-corrected chi connectivity index (χ0v) is 16.5. The van der Waals surface area contributed by atoms with Crippen molar-refractivity contribution in [3.63, 3.8) is 0 Å². The molecule has 0 bridgehead atoms. The van der Waals surface area contributed by atoms with Gasteiger partial charge in [-0.1, -0.05) is 50.2 Å². The molecule has 142 valence electrons. The molecule has 0 amide bonds. The Morgan fingerprint density at radius 2 is 1.50 bits per heavy atom. The van der Waals surface area contributed by atoms with Gasteiger partial charge in [-0.2, -0.15) is 0 Å². The number of hydrogen-bond acceptors (Lipinski definition) is 4. The molecule has 0 spiro atoms. The molecule has 0 N–H and O–H groups in total. The summed E-state index contributed by atoms with van der Waals surface area (Å²) in [5.41, 5.74) is 4.13. The van der Waals surface area contributed by atoms with Crippen LogP contribution in [0.1, 0.15) is 45.1 Å². The minimum atomic E-state index is 0.195. The normalized spacial score (nSPS) is 19.6. The van der Waals surface area contributed by atoms with E-state index in [9.17, 15) is 0 Å². The Bertz CT molecular complexity index is 981. The lowest BCUT2D eigenvalue weighted by Gasteiger charge is -2.33. The van der Waals surface area contributed by atoms with Crippen molar-refractivity contribution in [2.75, 3.05) is 9.80 Å². The molecule has 0 saturated carbocycles. The van der Waals surface area contributed by atoms with Crippen LogP contribution in [0.2, 0.25) is 0 Å². The first-order valence-electron chi connectivity index (χ1n) is 10.3. The molecule has 2 aliphatic rings. The fourth-order valence-electron chi connectivity index (χ4n) is 5.13. The second kappa shape index (κ2) is 6.62. The standard InChI is InChI=1S/C24H26N4/c1-3-24(4-2)15-14-21-27(18-10-6-5-7-11-18)22-23(26-17-16-25-22)28(21)20-13-9-8-12-19(20)24/h5-13,16-17,21H,3-4,14-15H2,1-2H3. The summed E-state index contributed by atoms with van der Waals surface area (Å²) in [4.78, 5) is 14.3. The van der Waals surface area contributed by atoms with Crippen molar-refractivity contribution in [2.45, 2.75) is 51.1 Å². The van der Waals surface area contributed by atoms with Gasteiger partial charge in [-0.3, -0.25) is 0 Å². The summed E-state index contributed by atoms with van der Waals surface area (Å²) >= 11 is 0. The average molecular weight is 371 g/mol. The minimum absolute atomic E-state index is 0.195. The first-order valence-corrected chi connectivity index (χ1v) is 10.3. The molecule has 0 radical (unpaired) electrons. The first kappa shape index (κ1) is 17.2. The Morgan fingerprint density at radius 3 is 2.21 bits per heavy atom. The van der Waals surface area contributed by atoms with Crippen LogP contribution < -0.4 is 9.80 Å². The monoisotopic (exact) mass is 370 g/mol. The van der Waals surface area contributed by atoms with Crippen molar-refractivity contribution in [1.29, 1.82) is 0 Å². The molecule has 1 atom stereocenters. The molecule has 4 heteroatoms. The molecule has 4 nitrogen and oxygen atoms in total. The lowest BCUT2D eigenvalue weighted by molar-refractivity contribution is 0.354. The molecule has 0 saturated heterocycles. The van der Waals surface area contributed by atoms with Crippen molar-refractivity contribution >= 4 is 23.0 Å². The topological polar surface area (TPSA) is 32.3 Å². The van der Waals surface area contributed by atoms with Gasteiger partial charge in [0.05, 0.1) is 0 Å². The van der Waals surface area contributed by atoms with Crippen molar-refractivity contribution in [2.24, 2.45) is 0 Å². The Labute approximate surface area is 166 Å². The number of fused-ring (bicyclic) bond motifs is 5. The van der Waals surface area contributed by atoms with Crippen LogP contribution in [0.3, 0.4) is 0 Å². The van der Waals surface area contributed by atoms with Crippen LogP contribution in [0, 0.1) is 0 Å². The molecular formula is C24H26N4. The van der Waals surface area contributed by atoms with Gasteiger partial charge in [0.15, 0.2) is 11.6 Å². The van der Waals surface area contributed by atoms with Gasteiger partial charge < -0.3 is 9.80 Å². The summed E-state index contributed by atoms with van der Waals surface area (Å²) in [7, 11) is 0. The van der Waals surface area contributed by atoms with E-state index in [2.05, 4.69) is 78.2 Å².